The molecule has 0 fully saturated rings. The molecule has 0 aliphatic rings. The number of rotatable bonds is 16. The molecule has 220 valence electrons. The van der Waals surface area contributed by atoms with Crippen molar-refractivity contribution in [2.45, 2.75) is 65.5 Å². The minimum Gasteiger partial charge on any atom is -0.490 e. The molecule has 0 radical (unpaired) electrons. The Kier molecular flexibility index (Phi) is 13.3. The van der Waals surface area contributed by atoms with Crippen LogP contribution in [0.15, 0.2) is 66.7 Å². The molecule has 1 unspecified atom stereocenters. The molecule has 0 heterocycles. The Hall–Kier alpha value is -3.22. The summed E-state index contributed by atoms with van der Waals surface area (Å²) in [5.41, 5.74) is 2.64. The van der Waals surface area contributed by atoms with Gasteiger partial charge in [0, 0.05) is 36.0 Å². The zero-order valence-electron chi connectivity index (χ0n) is 24.1. The van der Waals surface area contributed by atoms with Crippen LogP contribution in [0.4, 0.5) is 0 Å². The van der Waals surface area contributed by atoms with Crippen molar-refractivity contribution in [2.75, 3.05) is 19.8 Å². The number of hydrogen-bond acceptors (Lipinski definition) is 4. The highest BCUT2D eigenvalue weighted by Gasteiger charge is 2.30. The van der Waals surface area contributed by atoms with E-state index in [1.807, 2.05) is 62.4 Å². The SMILES string of the molecule is CCCCNC(=O)C(Cc1ccccc1)N(Cc1ccc(Cl)cc1Cl)C(=O)CCc1ccc(OCC)c(OCC)c1. The summed E-state index contributed by atoms with van der Waals surface area (Å²) in [6.45, 7) is 7.69. The van der Waals surface area contributed by atoms with E-state index in [9.17, 15) is 9.59 Å². The Bertz CT molecular complexity index is 1270. The van der Waals surface area contributed by atoms with Crippen molar-refractivity contribution in [3.63, 3.8) is 0 Å². The van der Waals surface area contributed by atoms with Gasteiger partial charge in [-0.1, -0.05) is 79.0 Å². The molecule has 6 nitrogen and oxygen atoms in total. The highest BCUT2D eigenvalue weighted by molar-refractivity contribution is 6.35. The average molecular weight is 600 g/mol. The highest BCUT2D eigenvalue weighted by atomic mass is 35.5. The monoisotopic (exact) mass is 598 g/mol. The lowest BCUT2D eigenvalue weighted by Gasteiger charge is -2.32. The smallest absolute Gasteiger partial charge is 0.243 e. The second-order valence-electron chi connectivity index (χ2n) is 9.75. The standard InChI is InChI=1S/C33H40Cl2N2O4/c1-4-7-19-36-33(39)29(20-24-11-9-8-10-12-24)37(23-26-15-16-27(34)22-28(26)35)32(38)18-14-25-13-17-30(40-5-2)31(21-25)41-6-3/h8-13,15-17,21-22,29H,4-7,14,18-20,23H2,1-3H3,(H,36,39). The number of nitrogens with one attached hydrogen (secondary N) is 1. The van der Waals surface area contributed by atoms with Gasteiger partial charge in [0.2, 0.25) is 11.8 Å². The zero-order chi connectivity index (χ0) is 29.6. The summed E-state index contributed by atoms with van der Waals surface area (Å²) in [4.78, 5) is 29.2. The van der Waals surface area contributed by atoms with Crippen molar-refractivity contribution >= 4 is 35.0 Å². The first-order valence-electron chi connectivity index (χ1n) is 14.3. The predicted octanol–water partition coefficient (Wildman–Crippen LogP) is 7.28. The third kappa shape index (κ3) is 9.98. The maximum absolute atomic E-state index is 14.0. The molecule has 0 aliphatic heterocycles. The molecule has 41 heavy (non-hydrogen) atoms. The van der Waals surface area contributed by atoms with Crippen LogP contribution in [0.2, 0.25) is 10.0 Å². The maximum Gasteiger partial charge on any atom is 0.243 e. The van der Waals surface area contributed by atoms with Gasteiger partial charge in [-0.3, -0.25) is 9.59 Å². The van der Waals surface area contributed by atoms with Gasteiger partial charge in [-0.2, -0.15) is 0 Å². The molecule has 1 atom stereocenters. The Morgan fingerprint density at radius 1 is 0.878 bits per heavy atom. The summed E-state index contributed by atoms with van der Waals surface area (Å²) in [5.74, 6) is 1.01. The Morgan fingerprint density at radius 3 is 2.29 bits per heavy atom. The number of benzene rings is 3. The first kappa shape index (κ1) is 32.3. The lowest BCUT2D eigenvalue weighted by atomic mass is 10.0. The number of unbranched alkanes of at least 4 members (excludes halogenated alkanes) is 1. The van der Waals surface area contributed by atoms with Crippen molar-refractivity contribution in [3.8, 4) is 11.5 Å². The lowest BCUT2D eigenvalue weighted by Crippen LogP contribution is -2.50. The first-order chi connectivity index (χ1) is 19.9. The van der Waals surface area contributed by atoms with Crippen LogP contribution in [-0.2, 0) is 29.0 Å². The fourth-order valence-electron chi connectivity index (χ4n) is 4.54. The molecule has 3 aromatic rings. The summed E-state index contributed by atoms with van der Waals surface area (Å²) in [6.07, 6.45) is 2.89. The summed E-state index contributed by atoms with van der Waals surface area (Å²) in [7, 11) is 0. The number of aryl methyl sites for hydroxylation is 1. The fraction of sp³-hybridized carbons (Fsp3) is 0.394. The summed E-state index contributed by atoms with van der Waals surface area (Å²) < 4.78 is 11.5. The molecule has 0 bridgehead atoms. The number of carbonyl (C=O) groups excluding carboxylic acids is 2. The van der Waals surface area contributed by atoms with Crippen LogP contribution >= 0.6 is 23.2 Å². The van der Waals surface area contributed by atoms with E-state index in [0.29, 0.717) is 54.1 Å². The van der Waals surface area contributed by atoms with Crippen LogP contribution in [0.5, 0.6) is 11.5 Å². The first-order valence-corrected chi connectivity index (χ1v) is 15.0. The predicted molar refractivity (Wildman–Crippen MR) is 166 cm³/mol. The molecule has 0 spiro atoms. The minimum atomic E-state index is -0.715. The van der Waals surface area contributed by atoms with E-state index in [4.69, 9.17) is 32.7 Å². The Morgan fingerprint density at radius 2 is 1.61 bits per heavy atom. The van der Waals surface area contributed by atoms with Crippen LogP contribution in [-0.4, -0.2) is 42.5 Å². The largest absolute Gasteiger partial charge is 0.490 e. The second kappa shape index (κ2) is 16.9. The van der Waals surface area contributed by atoms with Gasteiger partial charge in [0.15, 0.2) is 11.5 Å². The van der Waals surface area contributed by atoms with Gasteiger partial charge in [0.05, 0.1) is 13.2 Å². The van der Waals surface area contributed by atoms with Crippen LogP contribution in [0.3, 0.4) is 0 Å². The molecule has 1 N–H and O–H groups in total. The summed E-state index contributed by atoms with van der Waals surface area (Å²) in [5, 5.41) is 4.01. The van der Waals surface area contributed by atoms with E-state index in [1.165, 1.54) is 0 Å². The molecule has 2 amide bonds. The van der Waals surface area contributed by atoms with E-state index < -0.39 is 6.04 Å². The van der Waals surface area contributed by atoms with E-state index in [-0.39, 0.29) is 24.8 Å². The highest BCUT2D eigenvalue weighted by Crippen LogP contribution is 2.29. The van der Waals surface area contributed by atoms with Gasteiger partial charge in [0.25, 0.3) is 0 Å². The van der Waals surface area contributed by atoms with Gasteiger partial charge in [0.1, 0.15) is 6.04 Å². The van der Waals surface area contributed by atoms with Gasteiger partial charge in [-0.25, -0.2) is 0 Å². The normalized spacial score (nSPS) is 11.5. The molecule has 3 aromatic carbocycles. The zero-order valence-corrected chi connectivity index (χ0v) is 25.6. The molecular formula is C33H40Cl2N2O4. The number of carbonyl (C=O) groups is 2. The number of ether oxygens (including phenoxy) is 2. The number of hydrogen-bond donors (Lipinski definition) is 1. The third-order valence-corrected chi connectivity index (χ3v) is 7.28. The van der Waals surface area contributed by atoms with E-state index in [0.717, 1.165) is 29.5 Å². The molecule has 0 saturated carbocycles. The van der Waals surface area contributed by atoms with Gasteiger partial charge < -0.3 is 19.7 Å². The quantitative estimate of drug-likeness (QED) is 0.176. The fourth-order valence-corrected chi connectivity index (χ4v) is 5.01. The topological polar surface area (TPSA) is 67.9 Å². The van der Waals surface area contributed by atoms with Crippen molar-refractivity contribution in [3.05, 3.63) is 93.5 Å². The van der Waals surface area contributed by atoms with Crippen molar-refractivity contribution in [2.24, 2.45) is 0 Å². The molecule has 3 rings (SSSR count). The molecule has 0 aromatic heterocycles. The second-order valence-corrected chi connectivity index (χ2v) is 10.6. The maximum atomic E-state index is 14.0. The van der Waals surface area contributed by atoms with Crippen molar-refractivity contribution < 1.29 is 19.1 Å². The van der Waals surface area contributed by atoms with Crippen LogP contribution in [0.1, 0.15) is 56.7 Å². The summed E-state index contributed by atoms with van der Waals surface area (Å²) in [6, 6.07) is 20.0. The number of amides is 2. The Balaban J connectivity index is 1.91. The van der Waals surface area contributed by atoms with Crippen molar-refractivity contribution in [1.29, 1.82) is 0 Å². The molecule has 0 saturated heterocycles. The van der Waals surface area contributed by atoms with Gasteiger partial charge in [-0.05, 0) is 67.6 Å². The van der Waals surface area contributed by atoms with Gasteiger partial charge >= 0.3 is 0 Å². The van der Waals surface area contributed by atoms with Crippen molar-refractivity contribution in [1.82, 2.24) is 10.2 Å². The van der Waals surface area contributed by atoms with E-state index in [1.54, 1.807) is 23.1 Å². The summed E-state index contributed by atoms with van der Waals surface area (Å²) >= 11 is 12.7. The molecule has 8 heteroatoms. The van der Waals surface area contributed by atoms with E-state index >= 15 is 0 Å². The number of halogens is 2. The third-order valence-electron chi connectivity index (χ3n) is 6.69. The van der Waals surface area contributed by atoms with Crippen LogP contribution < -0.4 is 14.8 Å². The molecule has 0 aliphatic carbocycles. The van der Waals surface area contributed by atoms with Gasteiger partial charge in [-0.15, -0.1) is 0 Å². The average Bonchev–Trinajstić information content (AvgIpc) is 2.96. The van der Waals surface area contributed by atoms with Crippen LogP contribution in [0, 0.1) is 0 Å². The van der Waals surface area contributed by atoms with Crippen LogP contribution in [0.25, 0.3) is 0 Å². The lowest BCUT2D eigenvalue weighted by molar-refractivity contribution is -0.141. The Labute approximate surface area is 253 Å². The minimum absolute atomic E-state index is 0.144. The number of nitrogens with zero attached hydrogens (tertiary/aromatic N) is 1. The van der Waals surface area contributed by atoms with E-state index in [2.05, 4.69) is 12.2 Å². The molecular weight excluding hydrogens is 559 g/mol.